The van der Waals surface area contributed by atoms with Crippen LogP contribution in [0.4, 0.5) is 5.69 Å². The second-order valence-corrected chi connectivity index (χ2v) is 4.95. The van der Waals surface area contributed by atoms with E-state index in [0.29, 0.717) is 18.5 Å². The molecule has 1 aliphatic rings. The number of benzene rings is 1. The molecule has 1 aliphatic heterocycles. The molecule has 4 nitrogen and oxygen atoms in total. The number of carbonyl (C=O) groups is 2. The second kappa shape index (κ2) is 5.43. The zero-order chi connectivity index (χ0) is 14.0. The number of nitrogens with zero attached hydrogens (tertiary/aromatic N) is 1. The van der Waals surface area contributed by atoms with E-state index in [0.717, 1.165) is 17.7 Å². The Hall–Kier alpha value is -1.84. The lowest BCUT2D eigenvalue weighted by molar-refractivity contribution is -0.115. The van der Waals surface area contributed by atoms with Crippen LogP contribution in [0.3, 0.4) is 0 Å². The molecular weight excluding hydrogens is 240 g/mol. The number of rotatable bonds is 4. The molecule has 102 valence electrons. The summed E-state index contributed by atoms with van der Waals surface area (Å²) < 4.78 is 0. The molecule has 1 N–H and O–H groups in total. The fraction of sp³-hybridized carbons (Fsp3) is 0.467. The summed E-state index contributed by atoms with van der Waals surface area (Å²) in [6, 6.07) is 5.69. The van der Waals surface area contributed by atoms with Crippen LogP contribution in [-0.4, -0.2) is 29.3 Å². The Labute approximate surface area is 113 Å². The zero-order valence-corrected chi connectivity index (χ0v) is 11.7. The van der Waals surface area contributed by atoms with Crippen molar-refractivity contribution in [2.45, 2.75) is 39.7 Å². The molecule has 4 heteroatoms. The van der Waals surface area contributed by atoms with Gasteiger partial charge in [-0.15, -0.1) is 0 Å². The van der Waals surface area contributed by atoms with E-state index in [-0.39, 0.29) is 17.9 Å². The highest BCUT2D eigenvalue weighted by Crippen LogP contribution is 2.25. The van der Waals surface area contributed by atoms with Crippen molar-refractivity contribution in [3.8, 4) is 0 Å². The molecule has 0 saturated heterocycles. The van der Waals surface area contributed by atoms with E-state index in [1.54, 1.807) is 6.07 Å². The Kier molecular flexibility index (Phi) is 3.88. The summed E-state index contributed by atoms with van der Waals surface area (Å²) in [7, 11) is 0. The average Bonchev–Trinajstić information content (AvgIpc) is 2.77. The van der Waals surface area contributed by atoms with Crippen LogP contribution >= 0.6 is 0 Å². The molecule has 2 amide bonds. The smallest absolute Gasteiger partial charge is 0.254 e. The lowest BCUT2D eigenvalue weighted by atomic mass is 10.1. The van der Waals surface area contributed by atoms with Crippen LogP contribution in [0.15, 0.2) is 18.2 Å². The maximum absolute atomic E-state index is 12.5. The minimum atomic E-state index is -0.00567. The first-order valence-electron chi connectivity index (χ1n) is 6.80. The highest BCUT2D eigenvalue weighted by atomic mass is 16.2. The van der Waals surface area contributed by atoms with E-state index in [1.165, 1.54) is 0 Å². The highest BCUT2D eigenvalue weighted by molar-refractivity contribution is 6.02. The topological polar surface area (TPSA) is 49.4 Å². The fourth-order valence-corrected chi connectivity index (χ4v) is 2.39. The van der Waals surface area contributed by atoms with Crippen LogP contribution in [0.2, 0.25) is 0 Å². The van der Waals surface area contributed by atoms with Crippen LogP contribution in [0.25, 0.3) is 0 Å². The molecule has 0 saturated carbocycles. The highest BCUT2D eigenvalue weighted by Gasteiger charge is 2.22. The minimum absolute atomic E-state index is 0.00567. The standard InChI is InChI=1S/C15H20N2O2/c1-4-10(3)17(5-2)15(19)12-7-6-11-9-14(18)16-13(11)8-12/h6-8,10H,4-5,9H2,1-3H3,(H,16,18). The van der Waals surface area contributed by atoms with E-state index in [2.05, 4.69) is 19.2 Å². The largest absolute Gasteiger partial charge is 0.336 e. The summed E-state index contributed by atoms with van der Waals surface area (Å²) >= 11 is 0. The number of hydrogen-bond acceptors (Lipinski definition) is 2. The van der Waals surface area contributed by atoms with Gasteiger partial charge in [0.25, 0.3) is 5.91 Å². The van der Waals surface area contributed by atoms with Gasteiger partial charge in [-0.25, -0.2) is 0 Å². The van der Waals surface area contributed by atoms with Gasteiger partial charge >= 0.3 is 0 Å². The summed E-state index contributed by atoms with van der Waals surface area (Å²) in [5.41, 5.74) is 2.38. The van der Waals surface area contributed by atoms with Crippen molar-refractivity contribution in [1.29, 1.82) is 0 Å². The third-order valence-corrected chi connectivity index (χ3v) is 3.71. The number of nitrogens with one attached hydrogen (secondary N) is 1. The van der Waals surface area contributed by atoms with Crippen LogP contribution in [0.5, 0.6) is 0 Å². The van der Waals surface area contributed by atoms with Gasteiger partial charge in [-0.3, -0.25) is 9.59 Å². The Bertz CT molecular complexity index is 511. The van der Waals surface area contributed by atoms with Crippen molar-refractivity contribution in [2.75, 3.05) is 11.9 Å². The Morgan fingerprint density at radius 3 is 2.79 bits per heavy atom. The van der Waals surface area contributed by atoms with Crippen LogP contribution < -0.4 is 5.32 Å². The fourth-order valence-electron chi connectivity index (χ4n) is 2.39. The zero-order valence-electron chi connectivity index (χ0n) is 11.7. The molecule has 1 unspecified atom stereocenters. The Morgan fingerprint density at radius 2 is 2.16 bits per heavy atom. The number of anilines is 1. The summed E-state index contributed by atoms with van der Waals surface area (Å²) in [4.78, 5) is 25.6. The molecule has 0 spiro atoms. The van der Waals surface area contributed by atoms with Gasteiger partial charge in [-0.1, -0.05) is 13.0 Å². The second-order valence-electron chi connectivity index (χ2n) is 4.95. The van der Waals surface area contributed by atoms with Crippen molar-refractivity contribution in [3.63, 3.8) is 0 Å². The summed E-state index contributed by atoms with van der Waals surface area (Å²) in [5.74, 6) is 0.0228. The summed E-state index contributed by atoms with van der Waals surface area (Å²) in [6.45, 7) is 6.80. The van der Waals surface area contributed by atoms with Crippen LogP contribution in [0, 0.1) is 0 Å². The normalized spacial score (nSPS) is 14.8. The number of amides is 2. The Balaban J connectivity index is 2.25. The molecule has 1 aromatic rings. The lowest BCUT2D eigenvalue weighted by Crippen LogP contribution is -2.38. The van der Waals surface area contributed by atoms with Gasteiger partial charge in [-0.05, 0) is 38.0 Å². The molecule has 19 heavy (non-hydrogen) atoms. The number of hydrogen-bond donors (Lipinski definition) is 1. The summed E-state index contributed by atoms with van der Waals surface area (Å²) in [6.07, 6.45) is 1.34. The van der Waals surface area contributed by atoms with Gasteiger partial charge in [0.05, 0.1) is 6.42 Å². The molecule has 0 aliphatic carbocycles. The Morgan fingerprint density at radius 1 is 1.42 bits per heavy atom. The third kappa shape index (κ3) is 2.62. The average molecular weight is 260 g/mol. The molecule has 0 radical (unpaired) electrons. The van der Waals surface area contributed by atoms with Crippen molar-refractivity contribution >= 4 is 17.5 Å². The van der Waals surface area contributed by atoms with Gasteiger partial charge in [-0.2, -0.15) is 0 Å². The lowest BCUT2D eigenvalue weighted by Gasteiger charge is -2.27. The van der Waals surface area contributed by atoms with Gasteiger partial charge in [0.2, 0.25) is 5.91 Å². The maximum atomic E-state index is 12.5. The van der Waals surface area contributed by atoms with Crippen LogP contribution in [-0.2, 0) is 11.2 Å². The molecule has 0 aromatic heterocycles. The predicted octanol–water partition coefficient (Wildman–Crippen LogP) is 2.44. The third-order valence-electron chi connectivity index (χ3n) is 3.71. The number of fused-ring (bicyclic) bond motifs is 1. The summed E-state index contributed by atoms with van der Waals surface area (Å²) in [5, 5.41) is 2.78. The van der Waals surface area contributed by atoms with E-state index >= 15 is 0 Å². The maximum Gasteiger partial charge on any atom is 0.254 e. The molecule has 0 fully saturated rings. The first-order valence-corrected chi connectivity index (χ1v) is 6.80. The molecule has 1 aromatic carbocycles. The quantitative estimate of drug-likeness (QED) is 0.904. The molecular formula is C15H20N2O2. The van der Waals surface area contributed by atoms with Gasteiger partial charge in [0.1, 0.15) is 0 Å². The molecule has 0 bridgehead atoms. The minimum Gasteiger partial charge on any atom is -0.336 e. The van der Waals surface area contributed by atoms with E-state index in [9.17, 15) is 9.59 Å². The van der Waals surface area contributed by atoms with Gasteiger partial charge < -0.3 is 10.2 Å². The van der Waals surface area contributed by atoms with E-state index in [4.69, 9.17) is 0 Å². The van der Waals surface area contributed by atoms with Crippen LogP contribution in [0.1, 0.15) is 43.1 Å². The van der Waals surface area contributed by atoms with Crippen molar-refractivity contribution in [2.24, 2.45) is 0 Å². The van der Waals surface area contributed by atoms with Crippen molar-refractivity contribution < 1.29 is 9.59 Å². The SMILES string of the molecule is CCC(C)N(CC)C(=O)c1ccc2c(c1)NC(=O)C2. The van der Waals surface area contributed by atoms with Gasteiger partial charge in [0.15, 0.2) is 0 Å². The number of carbonyl (C=O) groups excluding carboxylic acids is 2. The first kappa shape index (κ1) is 13.6. The van der Waals surface area contributed by atoms with E-state index < -0.39 is 0 Å². The van der Waals surface area contributed by atoms with Crippen molar-refractivity contribution in [3.05, 3.63) is 29.3 Å². The van der Waals surface area contributed by atoms with E-state index in [1.807, 2.05) is 24.0 Å². The molecule has 1 atom stereocenters. The predicted molar refractivity (Wildman–Crippen MR) is 75.2 cm³/mol. The van der Waals surface area contributed by atoms with Crippen molar-refractivity contribution in [1.82, 2.24) is 4.90 Å². The first-order chi connectivity index (χ1) is 9.06. The monoisotopic (exact) mass is 260 g/mol. The van der Waals surface area contributed by atoms with Gasteiger partial charge in [0, 0.05) is 23.8 Å². The molecule has 1 heterocycles. The molecule has 2 rings (SSSR count).